The smallest absolute Gasteiger partial charge is 0.242 e. The molecule has 1 N–H and O–H groups in total. The van der Waals surface area contributed by atoms with Crippen molar-refractivity contribution in [2.45, 2.75) is 96.7 Å². The van der Waals surface area contributed by atoms with Crippen LogP contribution in [0.1, 0.15) is 82.9 Å². The molecule has 2 aromatic carbocycles. The first-order chi connectivity index (χ1) is 16.1. The number of benzene rings is 2. The van der Waals surface area contributed by atoms with Gasteiger partial charge in [0.05, 0.1) is 0 Å². The summed E-state index contributed by atoms with van der Waals surface area (Å²) >= 11 is 6.40. The van der Waals surface area contributed by atoms with Crippen LogP contribution < -0.4 is 5.32 Å². The van der Waals surface area contributed by atoms with E-state index in [0.717, 1.165) is 36.8 Å². The third-order valence-corrected chi connectivity index (χ3v) is 7.23. The van der Waals surface area contributed by atoms with E-state index in [9.17, 15) is 9.59 Å². The van der Waals surface area contributed by atoms with Gasteiger partial charge in [-0.15, -0.1) is 0 Å². The zero-order chi connectivity index (χ0) is 24.7. The highest BCUT2D eigenvalue weighted by Crippen LogP contribution is 2.24. The number of hydrogen-bond donors (Lipinski definition) is 1. The maximum atomic E-state index is 13.4. The second kappa shape index (κ2) is 11.9. The Balaban J connectivity index is 1.70. The van der Waals surface area contributed by atoms with E-state index in [2.05, 4.69) is 50.4 Å². The van der Waals surface area contributed by atoms with Gasteiger partial charge in [-0.2, -0.15) is 0 Å². The van der Waals surface area contributed by atoms with Gasteiger partial charge in [-0.05, 0) is 54.4 Å². The SMILES string of the molecule is C[C@H](C(=O)NC1CCCCC1)N(Cc1ccccc1Cl)C(=O)CCc1ccc(C(C)(C)C)cc1. The molecule has 5 heteroatoms. The van der Waals surface area contributed by atoms with Crippen molar-refractivity contribution < 1.29 is 9.59 Å². The highest BCUT2D eigenvalue weighted by Gasteiger charge is 2.28. The van der Waals surface area contributed by atoms with Crippen LogP contribution >= 0.6 is 11.6 Å². The number of aryl methyl sites for hydroxylation is 1. The van der Waals surface area contributed by atoms with Crippen LogP contribution in [0.25, 0.3) is 0 Å². The van der Waals surface area contributed by atoms with E-state index in [1.165, 1.54) is 12.0 Å². The average Bonchev–Trinajstić information content (AvgIpc) is 2.82. The van der Waals surface area contributed by atoms with Gasteiger partial charge >= 0.3 is 0 Å². The number of carbonyl (C=O) groups is 2. The van der Waals surface area contributed by atoms with Crippen molar-refractivity contribution in [2.75, 3.05) is 0 Å². The summed E-state index contributed by atoms with van der Waals surface area (Å²) in [4.78, 5) is 28.2. The van der Waals surface area contributed by atoms with Crippen molar-refractivity contribution >= 4 is 23.4 Å². The molecule has 1 aliphatic rings. The summed E-state index contributed by atoms with van der Waals surface area (Å²) in [6.45, 7) is 8.72. The van der Waals surface area contributed by atoms with E-state index >= 15 is 0 Å². The Kier molecular flexibility index (Phi) is 9.18. The third kappa shape index (κ3) is 7.33. The molecule has 0 heterocycles. The second-order valence-electron chi connectivity index (χ2n) is 10.6. The van der Waals surface area contributed by atoms with E-state index in [4.69, 9.17) is 11.6 Å². The predicted octanol–water partition coefficient (Wildman–Crippen LogP) is 6.44. The largest absolute Gasteiger partial charge is 0.352 e. The number of halogens is 1. The summed E-state index contributed by atoms with van der Waals surface area (Å²) in [5.41, 5.74) is 3.35. The first-order valence-corrected chi connectivity index (χ1v) is 13.0. The van der Waals surface area contributed by atoms with E-state index in [1.807, 2.05) is 31.2 Å². The molecule has 34 heavy (non-hydrogen) atoms. The topological polar surface area (TPSA) is 49.4 Å². The number of rotatable bonds is 8. The quantitative estimate of drug-likeness (QED) is 0.470. The van der Waals surface area contributed by atoms with Gasteiger partial charge in [0.1, 0.15) is 6.04 Å². The molecule has 1 fully saturated rings. The molecule has 4 nitrogen and oxygen atoms in total. The van der Waals surface area contributed by atoms with Crippen molar-refractivity contribution in [3.8, 4) is 0 Å². The molecule has 184 valence electrons. The maximum absolute atomic E-state index is 13.4. The van der Waals surface area contributed by atoms with Crippen LogP contribution in [-0.4, -0.2) is 28.8 Å². The first-order valence-electron chi connectivity index (χ1n) is 12.6. The normalized spacial score (nSPS) is 15.6. The average molecular weight is 483 g/mol. The summed E-state index contributed by atoms with van der Waals surface area (Å²) < 4.78 is 0. The molecule has 1 atom stereocenters. The molecule has 0 bridgehead atoms. The van der Waals surface area contributed by atoms with Gasteiger partial charge in [0.2, 0.25) is 11.8 Å². The van der Waals surface area contributed by atoms with Gasteiger partial charge < -0.3 is 10.2 Å². The molecular weight excluding hydrogens is 444 g/mol. The Morgan fingerprint density at radius 1 is 1.03 bits per heavy atom. The third-order valence-electron chi connectivity index (χ3n) is 6.86. The lowest BCUT2D eigenvalue weighted by Crippen LogP contribution is -2.50. The minimum absolute atomic E-state index is 0.0360. The molecule has 0 spiro atoms. The minimum atomic E-state index is -0.561. The van der Waals surface area contributed by atoms with Crippen LogP contribution in [0.2, 0.25) is 5.02 Å². The van der Waals surface area contributed by atoms with E-state index in [0.29, 0.717) is 24.4 Å². The predicted molar refractivity (Wildman–Crippen MR) is 140 cm³/mol. The van der Waals surface area contributed by atoms with Crippen LogP contribution in [0.3, 0.4) is 0 Å². The van der Waals surface area contributed by atoms with E-state index in [-0.39, 0.29) is 23.3 Å². The Hall–Kier alpha value is -2.33. The van der Waals surface area contributed by atoms with Gasteiger partial charge in [0, 0.05) is 24.0 Å². The van der Waals surface area contributed by atoms with Crippen molar-refractivity contribution in [3.05, 3.63) is 70.2 Å². The van der Waals surface area contributed by atoms with Crippen molar-refractivity contribution in [1.29, 1.82) is 0 Å². The zero-order valence-corrected chi connectivity index (χ0v) is 21.8. The van der Waals surface area contributed by atoms with Gasteiger partial charge in [0.25, 0.3) is 0 Å². The number of amides is 2. The number of hydrogen-bond acceptors (Lipinski definition) is 2. The summed E-state index contributed by atoms with van der Waals surface area (Å²) in [6.07, 6.45) is 6.55. The molecule has 3 rings (SSSR count). The minimum Gasteiger partial charge on any atom is -0.352 e. The summed E-state index contributed by atoms with van der Waals surface area (Å²) in [6, 6.07) is 15.7. The monoisotopic (exact) mass is 482 g/mol. The molecule has 2 amide bonds. The van der Waals surface area contributed by atoms with Crippen molar-refractivity contribution in [2.24, 2.45) is 0 Å². The fraction of sp³-hybridized carbons (Fsp3) is 0.517. The van der Waals surface area contributed by atoms with E-state index < -0.39 is 6.04 Å². The summed E-state index contributed by atoms with van der Waals surface area (Å²) in [7, 11) is 0. The fourth-order valence-electron chi connectivity index (χ4n) is 4.53. The highest BCUT2D eigenvalue weighted by atomic mass is 35.5. The molecule has 0 aliphatic heterocycles. The lowest BCUT2D eigenvalue weighted by molar-refractivity contribution is -0.141. The molecular formula is C29H39ClN2O2. The van der Waals surface area contributed by atoms with Crippen molar-refractivity contribution in [1.82, 2.24) is 10.2 Å². The Labute approximate surface area is 210 Å². The Bertz CT molecular complexity index is 959. The van der Waals surface area contributed by atoms with Crippen molar-refractivity contribution in [3.63, 3.8) is 0 Å². The lowest BCUT2D eigenvalue weighted by Gasteiger charge is -2.31. The molecule has 1 aliphatic carbocycles. The van der Waals surface area contributed by atoms with E-state index in [1.54, 1.807) is 4.90 Å². The molecule has 0 radical (unpaired) electrons. The Morgan fingerprint density at radius 3 is 2.29 bits per heavy atom. The fourth-order valence-corrected chi connectivity index (χ4v) is 4.72. The number of nitrogens with one attached hydrogen (secondary N) is 1. The van der Waals surface area contributed by atoms with Crippen LogP contribution in [0.4, 0.5) is 0 Å². The van der Waals surface area contributed by atoms with Gasteiger partial charge in [0.15, 0.2) is 0 Å². The molecule has 0 saturated heterocycles. The van der Waals surface area contributed by atoms with Crippen LogP contribution in [-0.2, 0) is 28.0 Å². The standard InChI is InChI=1S/C29H39ClN2O2/c1-21(28(34)31-25-11-6-5-7-12-25)32(20-23-10-8-9-13-26(23)30)27(33)19-16-22-14-17-24(18-15-22)29(2,3)4/h8-10,13-15,17-18,21,25H,5-7,11-12,16,19-20H2,1-4H3,(H,31,34)/t21-/m1/s1. The van der Waals surface area contributed by atoms with Gasteiger partial charge in [-0.1, -0.05) is 94.1 Å². The molecule has 0 aromatic heterocycles. The highest BCUT2D eigenvalue weighted by molar-refractivity contribution is 6.31. The summed E-state index contributed by atoms with van der Waals surface area (Å²) in [5.74, 6) is -0.118. The molecule has 2 aromatic rings. The van der Waals surface area contributed by atoms with Crippen LogP contribution in [0.15, 0.2) is 48.5 Å². The Morgan fingerprint density at radius 2 is 1.68 bits per heavy atom. The zero-order valence-electron chi connectivity index (χ0n) is 21.1. The number of nitrogens with zero attached hydrogens (tertiary/aromatic N) is 1. The van der Waals surface area contributed by atoms with Crippen LogP contribution in [0, 0.1) is 0 Å². The molecule has 1 saturated carbocycles. The second-order valence-corrected chi connectivity index (χ2v) is 11.0. The van der Waals surface area contributed by atoms with Gasteiger partial charge in [-0.3, -0.25) is 9.59 Å². The first kappa shape index (κ1) is 26.3. The van der Waals surface area contributed by atoms with Gasteiger partial charge in [-0.25, -0.2) is 0 Å². The number of carbonyl (C=O) groups excluding carboxylic acids is 2. The lowest BCUT2D eigenvalue weighted by atomic mass is 9.86. The summed E-state index contributed by atoms with van der Waals surface area (Å²) in [5, 5.41) is 3.79. The maximum Gasteiger partial charge on any atom is 0.242 e. The molecule has 0 unspecified atom stereocenters. The van der Waals surface area contributed by atoms with Crippen LogP contribution in [0.5, 0.6) is 0 Å².